The second-order valence-electron chi connectivity index (χ2n) is 6.49. The summed E-state index contributed by atoms with van der Waals surface area (Å²) in [6, 6.07) is 11.4. The Labute approximate surface area is 138 Å². The number of nitrogens with one attached hydrogen (secondary N) is 2. The lowest BCUT2D eigenvalue weighted by Gasteiger charge is -2.22. The van der Waals surface area contributed by atoms with Crippen molar-refractivity contribution in [2.24, 2.45) is 0 Å². The molecule has 0 fully saturated rings. The first-order valence-electron chi connectivity index (χ1n) is 7.41. The Hall–Kier alpha value is -2.50. The van der Waals surface area contributed by atoms with Crippen LogP contribution in [0.15, 0.2) is 48.5 Å². The van der Waals surface area contributed by atoms with Gasteiger partial charge in [-0.15, -0.1) is 0 Å². The highest BCUT2D eigenvalue weighted by Crippen LogP contribution is 2.30. The normalized spacial score (nSPS) is 11.9. The number of amides is 1. The van der Waals surface area contributed by atoms with Crippen molar-refractivity contribution in [1.29, 1.82) is 0 Å². The topological polar surface area (TPSA) is 41.1 Å². The van der Waals surface area contributed by atoms with Crippen molar-refractivity contribution in [3.63, 3.8) is 0 Å². The molecule has 2 rings (SSSR count). The molecule has 0 saturated heterocycles. The maximum absolute atomic E-state index is 12.7. The van der Waals surface area contributed by atoms with Gasteiger partial charge in [-0.3, -0.25) is 4.79 Å². The van der Waals surface area contributed by atoms with E-state index in [9.17, 15) is 18.0 Å². The van der Waals surface area contributed by atoms with E-state index in [2.05, 4.69) is 10.6 Å². The highest BCUT2D eigenvalue weighted by atomic mass is 19.4. The largest absolute Gasteiger partial charge is 0.416 e. The Morgan fingerprint density at radius 3 is 2.17 bits per heavy atom. The van der Waals surface area contributed by atoms with E-state index in [0.717, 1.165) is 17.8 Å². The van der Waals surface area contributed by atoms with Crippen molar-refractivity contribution in [2.75, 3.05) is 10.6 Å². The number of hydrogen-bond acceptors (Lipinski definition) is 2. The number of carbonyl (C=O) groups is 1. The van der Waals surface area contributed by atoms with Crippen LogP contribution in [0.2, 0.25) is 0 Å². The fourth-order valence-corrected chi connectivity index (χ4v) is 2.15. The van der Waals surface area contributed by atoms with E-state index in [1.807, 2.05) is 26.8 Å². The quantitative estimate of drug-likeness (QED) is 0.812. The summed E-state index contributed by atoms with van der Waals surface area (Å²) >= 11 is 0. The molecule has 0 saturated carbocycles. The summed E-state index contributed by atoms with van der Waals surface area (Å²) in [7, 11) is 0. The maximum Gasteiger partial charge on any atom is 0.416 e. The first-order chi connectivity index (χ1) is 11.0. The van der Waals surface area contributed by atoms with E-state index in [1.54, 1.807) is 18.2 Å². The third kappa shape index (κ3) is 5.01. The number of benzene rings is 2. The molecule has 128 valence electrons. The zero-order chi connectivity index (χ0) is 18.0. The van der Waals surface area contributed by atoms with Crippen LogP contribution in [-0.2, 0) is 6.18 Å². The highest BCUT2D eigenvalue weighted by molar-refractivity contribution is 6.04. The van der Waals surface area contributed by atoms with Gasteiger partial charge in [0.15, 0.2) is 0 Å². The molecule has 1 amide bonds. The van der Waals surface area contributed by atoms with Gasteiger partial charge in [-0.05, 0) is 57.2 Å². The average Bonchev–Trinajstić information content (AvgIpc) is 2.45. The number of carbonyl (C=O) groups excluding carboxylic acids is 1. The number of rotatable bonds is 3. The number of alkyl halides is 3. The maximum atomic E-state index is 12.7. The van der Waals surface area contributed by atoms with Crippen molar-refractivity contribution in [3.8, 4) is 0 Å². The van der Waals surface area contributed by atoms with Crippen LogP contribution in [-0.4, -0.2) is 11.4 Å². The SMILES string of the molecule is CC(C)(C)Nc1cccc(C(=O)Nc2cccc(C(F)(F)F)c2)c1. The molecule has 0 unspecified atom stereocenters. The summed E-state index contributed by atoms with van der Waals surface area (Å²) < 4.78 is 38.2. The van der Waals surface area contributed by atoms with Crippen molar-refractivity contribution in [1.82, 2.24) is 0 Å². The predicted molar refractivity (Wildman–Crippen MR) is 89.2 cm³/mol. The molecule has 0 aliphatic heterocycles. The Morgan fingerprint density at radius 2 is 1.54 bits per heavy atom. The molecule has 3 nitrogen and oxygen atoms in total. The van der Waals surface area contributed by atoms with Crippen LogP contribution in [0.4, 0.5) is 24.5 Å². The summed E-state index contributed by atoms with van der Waals surface area (Å²) in [6.45, 7) is 5.97. The third-order valence-electron chi connectivity index (χ3n) is 3.09. The van der Waals surface area contributed by atoms with Gasteiger partial charge in [0.05, 0.1) is 5.56 Å². The minimum absolute atomic E-state index is 0.101. The standard InChI is InChI=1S/C18H19F3N2O/c1-17(2,3)23-15-9-4-6-12(10-15)16(24)22-14-8-5-7-13(11-14)18(19,20)21/h4-11,23H,1-3H3,(H,22,24). The zero-order valence-corrected chi connectivity index (χ0v) is 13.7. The lowest BCUT2D eigenvalue weighted by atomic mass is 10.1. The number of anilines is 2. The summed E-state index contributed by atoms with van der Waals surface area (Å²) in [4.78, 5) is 12.3. The van der Waals surface area contributed by atoms with Crippen LogP contribution in [0.1, 0.15) is 36.7 Å². The summed E-state index contributed by atoms with van der Waals surface area (Å²) in [5, 5.41) is 5.73. The van der Waals surface area contributed by atoms with Crippen molar-refractivity contribution in [2.45, 2.75) is 32.5 Å². The molecular formula is C18H19F3N2O. The Bertz CT molecular complexity index is 734. The van der Waals surface area contributed by atoms with E-state index >= 15 is 0 Å². The molecule has 0 aliphatic rings. The average molecular weight is 336 g/mol. The molecule has 0 radical (unpaired) electrons. The molecule has 0 heterocycles. The van der Waals surface area contributed by atoms with Crippen LogP contribution in [0.25, 0.3) is 0 Å². The molecule has 6 heteroatoms. The van der Waals surface area contributed by atoms with Gasteiger partial charge >= 0.3 is 6.18 Å². The van der Waals surface area contributed by atoms with Gasteiger partial charge in [0.25, 0.3) is 5.91 Å². The lowest BCUT2D eigenvalue weighted by molar-refractivity contribution is -0.137. The Balaban J connectivity index is 2.17. The monoisotopic (exact) mass is 336 g/mol. The fourth-order valence-electron chi connectivity index (χ4n) is 2.15. The van der Waals surface area contributed by atoms with E-state index in [0.29, 0.717) is 5.56 Å². The molecule has 0 aliphatic carbocycles. The minimum atomic E-state index is -4.45. The van der Waals surface area contributed by atoms with Crippen LogP contribution >= 0.6 is 0 Å². The van der Waals surface area contributed by atoms with Crippen molar-refractivity contribution < 1.29 is 18.0 Å². The first kappa shape index (κ1) is 17.8. The molecule has 2 aromatic carbocycles. The zero-order valence-electron chi connectivity index (χ0n) is 13.7. The van der Waals surface area contributed by atoms with Gasteiger partial charge in [0.1, 0.15) is 0 Å². The highest BCUT2D eigenvalue weighted by Gasteiger charge is 2.30. The van der Waals surface area contributed by atoms with Crippen LogP contribution in [0.5, 0.6) is 0 Å². The first-order valence-corrected chi connectivity index (χ1v) is 7.41. The van der Waals surface area contributed by atoms with E-state index in [4.69, 9.17) is 0 Å². The van der Waals surface area contributed by atoms with Gasteiger partial charge in [-0.2, -0.15) is 13.2 Å². The number of hydrogen-bond donors (Lipinski definition) is 2. The number of halogens is 3. The Kier molecular flexibility index (Phi) is 4.87. The molecule has 2 aromatic rings. The van der Waals surface area contributed by atoms with Gasteiger partial charge in [0, 0.05) is 22.5 Å². The van der Waals surface area contributed by atoms with Crippen molar-refractivity contribution in [3.05, 3.63) is 59.7 Å². The fraction of sp³-hybridized carbons (Fsp3) is 0.278. The third-order valence-corrected chi connectivity index (χ3v) is 3.09. The van der Waals surface area contributed by atoms with Crippen LogP contribution in [0.3, 0.4) is 0 Å². The van der Waals surface area contributed by atoms with Crippen LogP contribution < -0.4 is 10.6 Å². The van der Waals surface area contributed by atoms with Crippen molar-refractivity contribution >= 4 is 17.3 Å². The predicted octanol–water partition coefficient (Wildman–Crippen LogP) is 5.17. The smallest absolute Gasteiger partial charge is 0.380 e. The molecular weight excluding hydrogens is 317 g/mol. The minimum Gasteiger partial charge on any atom is -0.380 e. The van der Waals surface area contributed by atoms with Gasteiger partial charge in [0.2, 0.25) is 0 Å². The molecule has 0 aromatic heterocycles. The second-order valence-corrected chi connectivity index (χ2v) is 6.49. The van der Waals surface area contributed by atoms with Crippen LogP contribution in [0, 0.1) is 0 Å². The second kappa shape index (κ2) is 6.55. The summed E-state index contributed by atoms with van der Waals surface area (Å²) in [6.07, 6.45) is -4.45. The molecule has 2 N–H and O–H groups in total. The Morgan fingerprint density at radius 1 is 0.917 bits per heavy atom. The van der Waals surface area contributed by atoms with Gasteiger partial charge in [-0.25, -0.2) is 0 Å². The summed E-state index contributed by atoms with van der Waals surface area (Å²) in [5.41, 5.74) is 0.254. The molecule has 24 heavy (non-hydrogen) atoms. The van der Waals surface area contributed by atoms with Gasteiger partial charge < -0.3 is 10.6 Å². The van der Waals surface area contributed by atoms with E-state index in [-0.39, 0.29) is 11.2 Å². The molecule has 0 spiro atoms. The van der Waals surface area contributed by atoms with E-state index in [1.165, 1.54) is 12.1 Å². The molecule has 0 bridgehead atoms. The molecule has 0 atom stereocenters. The lowest BCUT2D eigenvalue weighted by Crippen LogP contribution is -2.26. The van der Waals surface area contributed by atoms with E-state index < -0.39 is 17.6 Å². The summed E-state index contributed by atoms with van der Waals surface area (Å²) in [5.74, 6) is -0.466. The van der Waals surface area contributed by atoms with Gasteiger partial charge in [-0.1, -0.05) is 12.1 Å².